The third-order valence-corrected chi connectivity index (χ3v) is 5.48. The number of nitrogens with zero attached hydrogens (tertiary/aromatic N) is 3. The minimum atomic E-state index is -0.871. The van der Waals surface area contributed by atoms with E-state index in [0.717, 1.165) is 16.3 Å². The maximum atomic E-state index is 9.84. The Labute approximate surface area is 196 Å². The molecule has 0 radical (unpaired) electrons. The Morgan fingerprint density at radius 1 is 1.15 bits per heavy atom. The van der Waals surface area contributed by atoms with Crippen molar-refractivity contribution < 1.29 is 24.1 Å². The van der Waals surface area contributed by atoms with Gasteiger partial charge in [-0.15, -0.1) is 11.8 Å². The van der Waals surface area contributed by atoms with Gasteiger partial charge in [-0.2, -0.15) is 0 Å². The monoisotopic (exact) mass is 470 g/mol. The molecule has 2 N–H and O–H groups in total. The van der Waals surface area contributed by atoms with Gasteiger partial charge in [0.05, 0.1) is 19.0 Å². The third-order valence-electron chi connectivity index (χ3n) is 4.85. The lowest BCUT2D eigenvalue weighted by Crippen LogP contribution is -2.18. The summed E-state index contributed by atoms with van der Waals surface area (Å²) in [6.45, 7) is 4.15. The van der Waals surface area contributed by atoms with Crippen LogP contribution in [0.1, 0.15) is 19.5 Å². The fourth-order valence-corrected chi connectivity index (χ4v) is 3.57. The van der Waals surface area contributed by atoms with Gasteiger partial charge in [0.15, 0.2) is 6.23 Å². The highest BCUT2D eigenvalue weighted by Crippen LogP contribution is 2.33. The highest BCUT2D eigenvalue weighted by Gasteiger charge is 2.26. The normalized spacial score (nSPS) is 18.5. The van der Waals surface area contributed by atoms with Gasteiger partial charge in [0.1, 0.15) is 34.4 Å². The van der Waals surface area contributed by atoms with Crippen molar-refractivity contribution in [3.05, 3.63) is 48.4 Å². The summed E-state index contributed by atoms with van der Waals surface area (Å²) < 4.78 is 22.8. The van der Waals surface area contributed by atoms with Gasteiger partial charge in [-0.25, -0.2) is 15.0 Å². The molecule has 3 aromatic rings. The summed E-state index contributed by atoms with van der Waals surface area (Å²) in [5.41, 5.74) is 2.32. The third kappa shape index (κ3) is 5.65. The largest absolute Gasteiger partial charge is 0.488 e. The first-order chi connectivity index (χ1) is 15.9. The molecule has 1 aromatic carbocycles. The number of aliphatic imine (C=N–C) groups is 1. The Hall–Kier alpha value is -3.08. The maximum absolute atomic E-state index is 9.84. The molecule has 174 valence electrons. The number of hydrogen-bond donors (Lipinski definition) is 2. The van der Waals surface area contributed by atoms with E-state index in [-0.39, 0.29) is 12.2 Å². The number of H-pyrrole nitrogens is 1. The van der Waals surface area contributed by atoms with E-state index in [1.807, 2.05) is 37.4 Å². The van der Waals surface area contributed by atoms with Gasteiger partial charge in [0.25, 0.3) is 0 Å². The topological polar surface area (TPSA) is 111 Å². The summed E-state index contributed by atoms with van der Waals surface area (Å²) in [6.07, 6.45) is 3.78. The fraction of sp³-hybridized carbons (Fsp3) is 0.348. The fourth-order valence-electron chi connectivity index (χ4n) is 3.25. The Balaban J connectivity index is 1.63. The first-order valence-corrected chi connectivity index (χ1v) is 11.6. The summed E-state index contributed by atoms with van der Waals surface area (Å²) in [4.78, 5) is 16.1. The molecule has 0 spiro atoms. The first-order valence-electron chi connectivity index (χ1n) is 10.4. The summed E-state index contributed by atoms with van der Waals surface area (Å²) in [5.74, 6) is 1.93. The molecule has 0 saturated carbocycles. The average Bonchev–Trinajstić information content (AvgIpc) is 3.41. The van der Waals surface area contributed by atoms with Crippen LogP contribution in [0.5, 0.6) is 17.4 Å². The molecule has 1 aliphatic heterocycles. The molecule has 0 fully saturated rings. The van der Waals surface area contributed by atoms with Crippen LogP contribution in [0.3, 0.4) is 0 Å². The molecule has 3 heterocycles. The number of aliphatic hydroxyl groups excluding tert-OH is 1. The van der Waals surface area contributed by atoms with Crippen molar-refractivity contribution >= 4 is 17.7 Å². The van der Waals surface area contributed by atoms with Crippen LogP contribution in [0.25, 0.3) is 11.3 Å². The van der Waals surface area contributed by atoms with Gasteiger partial charge < -0.3 is 29.0 Å². The summed E-state index contributed by atoms with van der Waals surface area (Å²) in [5, 5.41) is 10.7. The molecule has 0 aliphatic carbocycles. The number of rotatable bonds is 9. The second-order valence-corrected chi connectivity index (χ2v) is 8.36. The number of benzene rings is 1. The van der Waals surface area contributed by atoms with Crippen LogP contribution in [0.4, 0.5) is 0 Å². The number of methoxy groups -OCH3 is 1. The van der Waals surface area contributed by atoms with Gasteiger partial charge in [-0.3, -0.25) is 0 Å². The predicted octanol–water partition coefficient (Wildman–Crippen LogP) is 3.88. The van der Waals surface area contributed by atoms with Crippen molar-refractivity contribution in [2.24, 2.45) is 4.99 Å². The van der Waals surface area contributed by atoms with Crippen LogP contribution in [-0.4, -0.2) is 64.4 Å². The molecule has 0 amide bonds. The van der Waals surface area contributed by atoms with Crippen molar-refractivity contribution in [3.8, 4) is 28.6 Å². The summed E-state index contributed by atoms with van der Waals surface area (Å²) in [6, 6.07) is 9.35. The van der Waals surface area contributed by atoms with E-state index in [0.29, 0.717) is 35.6 Å². The molecular formula is C23H26N4O5S. The van der Waals surface area contributed by atoms with Crippen molar-refractivity contribution in [2.45, 2.75) is 37.3 Å². The van der Waals surface area contributed by atoms with Gasteiger partial charge in [-0.05, 0) is 44.4 Å². The highest BCUT2D eigenvalue weighted by molar-refractivity contribution is 7.98. The predicted molar refractivity (Wildman–Crippen MR) is 125 cm³/mol. The van der Waals surface area contributed by atoms with E-state index in [1.165, 1.54) is 11.8 Å². The Morgan fingerprint density at radius 2 is 1.94 bits per heavy atom. The van der Waals surface area contributed by atoms with E-state index in [2.05, 4.69) is 19.9 Å². The van der Waals surface area contributed by atoms with Crippen LogP contribution in [0.15, 0.2) is 52.7 Å². The molecular weight excluding hydrogens is 444 g/mol. The van der Waals surface area contributed by atoms with Crippen molar-refractivity contribution in [2.75, 3.05) is 20.0 Å². The lowest BCUT2D eigenvalue weighted by atomic mass is 10.1. The van der Waals surface area contributed by atoms with Crippen LogP contribution in [0, 0.1) is 0 Å². The lowest BCUT2D eigenvalue weighted by molar-refractivity contribution is 0.0768. The molecule has 1 unspecified atom stereocenters. The number of nitrogens with one attached hydrogen (secondary N) is 1. The summed E-state index contributed by atoms with van der Waals surface area (Å²) >= 11 is 1.51. The molecule has 0 bridgehead atoms. The van der Waals surface area contributed by atoms with Crippen LogP contribution in [-0.2, 0) is 9.47 Å². The molecule has 9 nitrogen and oxygen atoms in total. The van der Waals surface area contributed by atoms with E-state index >= 15 is 0 Å². The number of aliphatic hydroxyl groups is 1. The quantitative estimate of drug-likeness (QED) is 0.453. The second-order valence-electron chi connectivity index (χ2n) is 7.53. The van der Waals surface area contributed by atoms with Gasteiger partial charge >= 0.3 is 0 Å². The lowest BCUT2D eigenvalue weighted by Gasteiger charge is -2.16. The molecule has 0 saturated heterocycles. The van der Waals surface area contributed by atoms with E-state index < -0.39 is 6.23 Å². The first kappa shape index (κ1) is 23.1. The number of hydrogen-bond acceptors (Lipinski definition) is 9. The summed E-state index contributed by atoms with van der Waals surface area (Å²) in [7, 11) is 1.63. The van der Waals surface area contributed by atoms with Crippen molar-refractivity contribution in [1.29, 1.82) is 0 Å². The van der Waals surface area contributed by atoms with Crippen LogP contribution in [0.2, 0.25) is 0 Å². The van der Waals surface area contributed by atoms with Crippen molar-refractivity contribution in [3.63, 3.8) is 0 Å². The minimum absolute atomic E-state index is 0.151. The molecule has 1 aliphatic rings. The zero-order chi connectivity index (χ0) is 23.4. The van der Waals surface area contributed by atoms with E-state index in [4.69, 9.17) is 18.9 Å². The second kappa shape index (κ2) is 10.2. The standard InChI is InChI=1S/C23H26N4O5S/c1-13(12-29-3)30-16-7-15(8-17(9-16)32-20-10-25-21(33-4)11-24-20)18-5-6-19(26-18)23-27-22(28)14(2)31-23/h5-11,13-14,22,26,28H,12H2,1-4H3/t13-,14-,22?/m0/s1. The molecule has 33 heavy (non-hydrogen) atoms. The zero-order valence-electron chi connectivity index (χ0n) is 18.8. The van der Waals surface area contributed by atoms with E-state index in [1.54, 1.807) is 32.5 Å². The van der Waals surface area contributed by atoms with Crippen LogP contribution >= 0.6 is 11.8 Å². The number of aromatic nitrogens is 3. The number of aromatic amines is 1. The van der Waals surface area contributed by atoms with Crippen LogP contribution < -0.4 is 9.47 Å². The number of thioether (sulfide) groups is 1. The Morgan fingerprint density at radius 3 is 2.61 bits per heavy atom. The Kier molecular flexibility index (Phi) is 7.17. The molecule has 4 rings (SSSR count). The molecule has 2 aromatic heterocycles. The Bertz CT molecular complexity index is 1120. The minimum Gasteiger partial charge on any atom is -0.488 e. The van der Waals surface area contributed by atoms with E-state index in [9.17, 15) is 5.11 Å². The smallest absolute Gasteiger partial charge is 0.237 e. The molecule has 10 heteroatoms. The number of ether oxygens (including phenoxy) is 4. The van der Waals surface area contributed by atoms with Gasteiger partial charge in [-0.1, -0.05) is 0 Å². The van der Waals surface area contributed by atoms with Gasteiger partial charge in [0.2, 0.25) is 11.8 Å². The highest BCUT2D eigenvalue weighted by atomic mass is 32.2. The molecule has 3 atom stereocenters. The van der Waals surface area contributed by atoms with Gasteiger partial charge in [0, 0.05) is 24.4 Å². The van der Waals surface area contributed by atoms with Crippen molar-refractivity contribution in [1.82, 2.24) is 15.0 Å². The maximum Gasteiger partial charge on any atom is 0.237 e. The average molecular weight is 471 g/mol. The SMILES string of the molecule is COC[C@H](C)Oc1cc(Oc2cnc(SC)cn2)cc(-c2ccc(C3=NC(O)[C@H](C)O3)[nH]2)c1. The zero-order valence-corrected chi connectivity index (χ0v) is 19.6.